The summed E-state index contributed by atoms with van der Waals surface area (Å²) in [6.45, 7) is 3.10. The van der Waals surface area contributed by atoms with Gasteiger partial charge in [-0.05, 0) is 43.5 Å². The third kappa shape index (κ3) is 2.47. The molecule has 3 heteroatoms. The molecule has 0 bridgehead atoms. The molecule has 1 aromatic carbocycles. The average Bonchev–Trinajstić information content (AvgIpc) is 2.25. The lowest BCUT2D eigenvalue weighted by molar-refractivity contribution is 0.412. The fourth-order valence-corrected chi connectivity index (χ4v) is 2.58. The molecular weight excluding hydrogens is 229 g/mol. The molecule has 1 heterocycles. The topological polar surface area (TPSA) is 12.0 Å². The first kappa shape index (κ1) is 11.3. The van der Waals surface area contributed by atoms with Crippen LogP contribution in [0.25, 0.3) is 0 Å². The van der Waals surface area contributed by atoms with Gasteiger partial charge in [-0.3, -0.25) is 0 Å². The average molecular weight is 244 g/mol. The number of piperidine rings is 1. The van der Waals surface area contributed by atoms with Crippen molar-refractivity contribution in [3.05, 3.63) is 33.3 Å². The SMILES string of the molecule is Cc1cc([C@H]2CCCCN2)c(Cl)cc1Cl. The Morgan fingerprint density at radius 3 is 2.67 bits per heavy atom. The van der Waals surface area contributed by atoms with Crippen LogP contribution in [0.3, 0.4) is 0 Å². The summed E-state index contributed by atoms with van der Waals surface area (Å²) in [7, 11) is 0. The zero-order chi connectivity index (χ0) is 10.8. The zero-order valence-corrected chi connectivity index (χ0v) is 10.3. The molecule has 0 aromatic heterocycles. The standard InChI is InChI=1S/C12H15Cl2N/c1-8-6-9(11(14)7-10(8)13)12-4-2-3-5-15-12/h6-7,12,15H,2-5H2,1H3/t12-/m1/s1. The van der Waals surface area contributed by atoms with Crippen molar-refractivity contribution in [2.75, 3.05) is 6.54 Å². The number of nitrogens with one attached hydrogen (secondary N) is 1. The highest BCUT2D eigenvalue weighted by Gasteiger charge is 2.18. The normalized spacial score (nSPS) is 21.7. The van der Waals surface area contributed by atoms with Gasteiger partial charge in [-0.2, -0.15) is 0 Å². The molecule has 1 N–H and O–H groups in total. The Morgan fingerprint density at radius 2 is 2.00 bits per heavy atom. The van der Waals surface area contributed by atoms with Crippen LogP contribution >= 0.6 is 23.2 Å². The Kier molecular flexibility index (Phi) is 3.55. The second-order valence-corrected chi connectivity index (χ2v) is 4.94. The van der Waals surface area contributed by atoms with Crippen LogP contribution in [0, 0.1) is 6.92 Å². The van der Waals surface area contributed by atoms with Crippen LogP contribution in [-0.2, 0) is 0 Å². The molecule has 1 saturated heterocycles. The van der Waals surface area contributed by atoms with Crippen LogP contribution in [0.15, 0.2) is 12.1 Å². The second kappa shape index (κ2) is 4.73. The fourth-order valence-electron chi connectivity index (χ4n) is 2.06. The van der Waals surface area contributed by atoms with Crippen LogP contribution in [0.4, 0.5) is 0 Å². The molecule has 1 nitrogen and oxygen atoms in total. The maximum absolute atomic E-state index is 6.21. The van der Waals surface area contributed by atoms with Crippen molar-refractivity contribution in [1.82, 2.24) is 5.32 Å². The molecule has 1 atom stereocenters. The fraction of sp³-hybridized carbons (Fsp3) is 0.500. The van der Waals surface area contributed by atoms with Crippen molar-refractivity contribution < 1.29 is 0 Å². The van der Waals surface area contributed by atoms with E-state index in [9.17, 15) is 0 Å². The Bertz CT molecular complexity index is 357. The van der Waals surface area contributed by atoms with Crippen LogP contribution in [-0.4, -0.2) is 6.54 Å². The molecule has 82 valence electrons. The molecule has 0 saturated carbocycles. The van der Waals surface area contributed by atoms with Crippen molar-refractivity contribution in [1.29, 1.82) is 0 Å². The summed E-state index contributed by atoms with van der Waals surface area (Å²) >= 11 is 12.2. The van der Waals surface area contributed by atoms with E-state index in [1.54, 1.807) is 0 Å². The molecule has 0 unspecified atom stereocenters. The van der Waals surface area contributed by atoms with Crippen molar-refractivity contribution in [3.8, 4) is 0 Å². The first-order valence-corrected chi connectivity index (χ1v) is 6.13. The predicted octanol–water partition coefficient (Wildman–Crippen LogP) is 4.12. The molecular formula is C12H15Cl2N. The van der Waals surface area contributed by atoms with Gasteiger partial charge in [-0.25, -0.2) is 0 Å². The zero-order valence-electron chi connectivity index (χ0n) is 8.82. The van der Waals surface area contributed by atoms with Gasteiger partial charge in [0.15, 0.2) is 0 Å². The summed E-state index contributed by atoms with van der Waals surface area (Å²) in [6, 6.07) is 4.36. The first-order valence-electron chi connectivity index (χ1n) is 5.37. The van der Waals surface area contributed by atoms with Gasteiger partial charge in [-0.1, -0.05) is 35.7 Å². The lowest BCUT2D eigenvalue weighted by Crippen LogP contribution is -2.27. The highest BCUT2D eigenvalue weighted by Crippen LogP contribution is 2.32. The minimum absolute atomic E-state index is 0.405. The minimum Gasteiger partial charge on any atom is -0.310 e. The van der Waals surface area contributed by atoms with E-state index in [-0.39, 0.29) is 0 Å². The lowest BCUT2D eigenvalue weighted by atomic mass is 9.96. The number of halogens is 2. The highest BCUT2D eigenvalue weighted by molar-refractivity contribution is 6.35. The molecule has 0 aliphatic carbocycles. The van der Waals surface area contributed by atoms with Gasteiger partial charge in [-0.15, -0.1) is 0 Å². The maximum Gasteiger partial charge on any atom is 0.0468 e. The third-order valence-electron chi connectivity index (χ3n) is 2.96. The highest BCUT2D eigenvalue weighted by atomic mass is 35.5. The van der Waals surface area contributed by atoms with Gasteiger partial charge >= 0.3 is 0 Å². The van der Waals surface area contributed by atoms with Crippen LogP contribution in [0.5, 0.6) is 0 Å². The van der Waals surface area contributed by atoms with Crippen molar-refractivity contribution in [3.63, 3.8) is 0 Å². The van der Waals surface area contributed by atoms with Crippen molar-refractivity contribution in [2.45, 2.75) is 32.2 Å². The summed E-state index contributed by atoms with van der Waals surface area (Å²) in [6.07, 6.45) is 3.71. The molecule has 2 rings (SSSR count). The monoisotopic (exact) mass is 243 g/mol. The van der Waals surface area contributed by atoms with Crippen LogP contribution in [0.1, 0.15) is 36.4 Å². The van der Waals surface area contributed by atoms with E-state index in [0.717, 1.165) is 22.2 Å². The molecule has 0 amide bonds. The van der Waals surface area contributed by atoms with Crippen LogP contribution in [0.2, 0.25) is 10.0 Å². The van der Waals surface area contributed by atoms with E-state index in [1.807, 2.05) is 13.0 Å². The van der Waals surface area contributed by atoms with Gasteiger partial charge in [0.05, 0.1) is 0 Å². The molecule has 0 spiro atoms. The number of aryl methyl sites for hydroxylation is 1. The molecule has 1 fully saturated rings. The van der Waals surface area contributed by atoms with E-state index < -0.39 is 0 Å². The van der Waals surface area contributed by atoms with E-state index in [2.05, 4.69) is 11.4 Å². The van der Waals surface area contributed by atoms with Crippen molar-refractivity contribution in [2.24, 2.45) is 0 Å². The van der Waals surface area contributed by atoms with E-state index in [1.165, 1.54) is 24.8 Å². The molecule has 1 aromatic rings. The number of rotatable bonds is 1. The Balaban J connectivity index is 2.30. The van der Waals surface area contributed by atoms with Gasteiger partial charge in [0.2, 0.25) is 0 Å². The molecule has 1 aliphatic heterocycles. The van der Waals surface area contributed by atoms with Gasteiger partial charge in [0, 0.05) is 16.1 Å². The summed E-state index contributed by atoms with van der Waals surface area (Å²) < 4.78 is 0. The Morgan fingerprint density at radius 1 is 1.20 bits per heavy atom. The molecule has 0 radical (unpaired) electrons. The van der Waals surface area contributed by atoms with E-state index >= 15 is 0 Å². The van der Waals surface area contributed by atoms with E-state index in [4.69, 9.17) is 23.2 Å². The predicted molar refractivity (Wildman–Crippen MR) is 65.8 cm³/mol. The second-order valence-electron chi connectivity index (χ2n) is 4.13. The first-order chi connectivity index (χ1) is 7.18. The minimum atomic E-state index is 0.405. The summed E-state index contributed by atoms with van der Waals surface area (Å²) in [5.74, 6) is 0. The molecule has 1 aliphatic rings. The smallest absolute Gasteiger partial charge is 0.0468 e. The quantitative estimate of drug-likeness (QED) is 0.783. The summed E-state index contributed by atoms with van der Waals surface area (Å²) in [5.41, 5.74) is 2.29. The lowest BCUT2D eigenvalue weighted by Gasteiger charge is -2.25. The number of hydrogen-bond acceptors (Lipinski definition) is 1. The van der Waals surface area contributed by atoms with E-state index in [0.29, 0.717) is 6.04 Å². The summed E-state index contributed by atoms with van der Waals surface area (Å²) in [5, 5.41) is 5.03. The molecule has 15 heavy (non-hydrogen) atoms. The Labute approximate surface area is 101 Å². The van der Waals surface area contributed by atoms with Crippen LogP contribution < -0.4 is 5.32 Å². The van der Waals surface area contributed by atoms with Crippen molar-refractivity contribution >= 4 is 23.2 Å². The number of benzene rings is 1. The summed E-state index contributed by atoms with van der Waals surface area (Å²) in [4.78, 5) is 0. The third-order valence-corrected chi connectivity index (χ3v) is 3.70. The van der Waals surface area contributed by atoms with Gasteiger partial charge in [0.1, 0.15) is 0 Å². The van der Waals surface area contributed by atoms with Gasteiger partial charge < -0.3 is 5.32 Å². The largest absolute Gasteiger partial charge is 0.310 e. The maximum atomic E-state index is 6.21. The van der Waals surface area contributed by atoms with Gasteiger partial charge in [0.25, 0.3) is 0 Å². The Hall–Kier alpha value is -0.240. The number of hydrogen-bond donors (Lipinski definition) is 1.